The van der Waals surface area contributed by atoms with Crippen LogP contribution in [0, 0.1) is 12.7 Å². The van der Waals surface area contributed by atoms with Gasteiger partial charge in [-0.25, -0.2) is 14.2 Å². The molecule has 1 N–H and O–H groups in total. The van der Waals surface area contributed by atoms with Crippen LogP contribution in [0.1, 0.15) is 37.3 Å². The fourth-order valence-electron chi connectivity index (χ4n) is 3.75. The van der Waals surface area contributed by atoms with Crippen LogP contribution < -0.4 is 5.32 Å². The maximum Gasteiger partial charge on any atom is 0.321 e. The number of piperidine rings is 1. The predicted molar refractivity (Wildman–Crippen MR) is 127 cm³/mol. The highest BCUT2D eigenvalue weighted by molar-refractivity contribution is 8.15. The summed E-state index contributed by atoms with van der Waals surface area (Å²) in [5.74, 6) is 0.683. The van der Waals surface area contributed by atoms with Gasteiger partial charge in [0.05, 0.1) is 5.71 Å². The number of thioether (sulfide) groups is 1. The molecule has 2 heterocycles. The molecule has 2 aliphatic rings. The second kappa shape index (κ2) is 9.22. The molecule has 1 spiro atoms. The zero-order chi connectivity index (χ0) is 21.8. The number of hydrogen-bond acceptors (Lipinski definition) is 4. The number of halogens is 1. The van der Waals surface area contributed by atoms with E-state index in [9.17, 15) is 9.18 Å². The highest BCUT2D eigenvalue weighted by Crippen LogP contribution is 2.36. The number of aryl methyl sites for hydroxylation is 1. The van der Waals surface area contributed by atoms with E-state index in [-0.39, 0.29) is 11.8 Å². The first-order valence-corrected chi connectivity index (χ1v) is 11.7. The highest BCUT2D eigenvalue weighted by Gasteiger charge is 2.40. The van der Waals surface area contributed by atoms with Crippen molar-refractivity contribution < 1.29 is 9.18 Å². The summed E-state index contributed by atoms with van der Waals surface area (Å²) in [6.07, 6.45) is 2.46. The maximum atomic E-state index is 13.1. The SMILES string of the molecule is CCCSC1=NC2(CCN(C(=O)Nc3ccc(F)cc3)CC2)N=C1c1ccc(C)cc1. The monoisotopic (exact) mass is 438 g/mol. The predicted octanol–water partition coefficient (Wildman–Crippen LogP) is 5.50. The number of nitrogens with zero attached hydrogens (tertiary/aromatic N) is 3. The van der Waals surface area contributed by atoms with Gasteiger partial charge in [-0.1, -0.05) is 36.8 Å². The Hall–Kier alpha value is -2.67. The van der Waals surface area contributed by atoms with Gasteiger partial charge in [0.2, 0.25) is 0 Å². The van der Waals surface area contributed by atoms with Gasteiger partial charge in [0.1, 0.15) is 10.9 Å². The third kappa shape index (κ3) is 4.98. The highest BCUT2D eigenvalue weighted by atomic mass is 32.2. The first kappa shape index (κ1) is 21.6. The number of nitrogens with one attached hydrogen (secondary N) is 1. The van der Waals surface area contributed by atoms with E-state index in [1.165, 1.54) is 17.7 Å². The second-order valence-electron chi connectivity index (χ2n) is 8.00. The molecule has 0 bridgehead atoms. The molecule has 31 heavy (non-hydrogen) atoms. The van der Waals surface area contributed by atoms with Crippen molar-refractivity contribution in [3.05, 3.63) is 65.5 Å². The van der Waals surface area contributed by atoms with Crippen molar-refractivity contribution in [1.82, 2.24) is 4.90 Å². The normalized spacial score (nSPS) is 17.5. The maximum absolute atomic E-state index is 13.1. The number of urea groups is 1. The van der Waals surface area contributed by atoms with Crippen LogP contribution >= 0.6 is 11.8 Å². The molecule has 0 atom stereocenters. The van der Waals surface area contributed by atoms with Gasteiger partial charge in [-0.05, 0) is 43.4 Å². The van der Waals surface area contributed by atoms with Crippen molar-refractivity contribution >= 4 is 34.2 Å². The summed E-state index contributed by atoms with van der Waals surface area (Å²) < 4.78 is 13.1. The number of likely N-dealkylation sites (tertiary alicyclic amines) is 1. The number of aliphatic imine (C=N–C) groups is 2. The summed E-state index contributed by atoms with van der Waals surface area (Å²) in [6.45, 7) is 5.40. The van der Waals surface area contributed by atoms with Crippen LogP contribution in [0.4, 0.5) is 14.9 Å². The largest absolute Gasteiger partial charge is 0.324 e. The number of carbonyl (C=O) groups excluding carboxylic acids is 1. The van der Waals surface area contributed by atoms with Gasteiger partial charge in [-0.2, -0.15) is 0 Å². The summed E-state index contributed by atoms with van der Waals surface area (Å²) in [7, 11) is 0. The van der Waals surface area contributed by atoms with E-state index in [0.29, 0.717) is 31.6 Å². The Labute approximate surface area is 186 Å². The van der Waals surface area contributed by atoms with Gasteiger partial charge >= 0.3 is 6.03 Å². The third-order valence-electron chi connectivity index (χ3n) is 5.55. The molecule has 1 fully saturated rings. The molecule has 0 unspecified atom stereocenters. The lowest BCUT2D eigenvalue weighted by atomic mass is 9.98. The minimum absolute atomic E-state index is 0.174. The molecular weight excluding hydrogens is 411 g/mol. The average Bonchev–Trinajstić information content (AvgIpc) is 3.12. The minimum Gasteiger partial charge on any atom is -0.324 e. The molecular formula is C24H27FN4OS. The zero-order valence-electron chi connectivity index (χ0n) is 17.9. The van der Waals surface area contributed by atoms with E-state index in [1.807, 2.05) is 0 Å². The summed E-state index contributed by atoms with van der Waals surface area (Å²) in [6, 6.07) is 14.1. The average molecular weight is 439 g/mol. The topological polar surface area (TPSA) is 57.1 Å². The first-order chi connectivity index (χ1) is 15.0. The minimum atomic E-state index is -0.483. The molecule has 7 heteroatoms. The molecule has 2 amide bonds. The Kier molecular flexibility index (Phi) is 6.41. The number of hydrogen-bond donors (Lipinski definition) is 1. The third-order valence-corrected chi connectivity index (χ3v) is 6.72. The van der Waals surface area contributed by atoms with Gasteiger partial charge in [-0.15, -0.1) is 11.8 Å². The Morgan fingerprint density at radius 3 is 2.42 bits per heavy atom. The number of anilines is 1. The zero-order valence-corrected chi connectivity index (χ0v) is 18.7. The van der Waals surface area contributed by atoms with Crippen LogP contribution in [0.25, 0.3) is 0 Å². The molecule has 0 aromatic heterocycles. The summed E-state index contributed by atoms with van der Waals surface area (Å²) in [4.78, 5) is 24.6. The Bertz CT molecular complexity index is 993. The van der Waals surface area contributed by atoms with Gasteiger partial charge in [0.15, 0.2) is 5.66 Å². The fraction of sp³-hybridized carbons (Fsp3) is 0.375. The lowest BCUT2D eigenvalue weighted by Gasteiger charge is -2.35. The van der Waals surface area contributed by atoms with Gasteiger partial charge < -0.3 is 10.2 Å². The molecule has 2 aromatic carbocycles. The van der Waals surface area contributed by atoms with Gasteiger partial charge in [-0.3, -0.25) is 4.99 Å². The summed E-state index contributed by atoms with van der Waals surface area (Å²) in [5, 5.41) is 3.85. The van der Waals surface area contributed by atoms with E-state index in [1.54, 1.807) is 28.8 Å². The van der Waals surface area contributed by atoms with Crippen molar-refractivity contribution in [3.8, 4) is 0 Å². The second-order valence-corrected chi connectivity index (χ2v) is 9.08. The van der Waals surface area contributed by atoms with Crippen LogP contribution in [-0.2, 0) is 0 Å². The van der Waals surface area contributed by atoms with E-state index in [0.717, 1.165) is 28.5 Å². The van der Waals surface area contributed by atoms with Crippen LogP contribution in [0.15, 0.2) is 58.5 Å². The molecule has 0 aliphatic carbocycles. The Morgan fingerprint density at radius 1 is 1.10 bits per heavy atom. The number of amides is 2. The van der Waals surface area contributed by atoms with Crippen LogP contribution in [0.2, 0.25) is 0 Å². The number of benzene rings is 2. The molecule has 0 saturated carbocycles. The lowest BCUT2D eigenvalue weighted by Crippen LogP contribution is -2.46. The van der Waals surface area contributed by atoms with Crippen molar-refractivity contribution in [1.29, 1.82) is 0 Å². The summed E-state index contributed by atoms with van der Waals surface area (Å²) in [5.41, 5.74) is 3.40. The molecule has 162 valence electrons. The molecule has 4 rings (SSSR count). The first-order valence-electron chi connectivity index (χ1n) is 10.7. The van der Waals surface area contributed by atoms with E-state index < -0.39 is 5.66 Å². The van der Waals surface area contributed by atoms with E-state index in [4.69, 9.17) is 9.98 Å². The number of rotatable bonds is 4. The van der Waals surface area contributed by atoms with E-state index >= 15 is 0 Å². The number of carbonyl (C=O) groups is 1. The van der Waals surface area contributed by atoms with Crippen molar-refractivity contribution in [2.24, 2.45) is 9.98 Å². The van der Waals surface area contributed by atoms with Crippen molar-refractivity contribution in [3.63, 3.8) is 0 Å². The Morgan fingerprint density at radius 2 is 1.77 bits per heavy atom. The molecule has 0 radical (unpaired) electrons. The summed E-state index contributed by atoms with van der Waals surface area (Å²) >= 11 is 1.76. The lowest BCUT2D eigenvalue weighted by molar-refractivity contribution is 0.175. The molecule has 5 nitrogen and oxygen atoms in total. The molecule has 2 aliphatic heterocycles. The van der Waals surface area contributed by atoms with Gasteiger partial charge in [0, 0.05) is 37.2 Å². The van der Waals surface area contributed by atoms with Crippen molar-refractivity contribution in [2.75, 3.05) is 24.2 Å². The molecule has 1 saturated heterocycles. The van der Waals surface area contributed by atoms with Crippen LogP contribution in [0.3, 0.4) is 0 Å². The van der Waals surface area contributed by atoms with Crippen LogP contribution in [-0.4, -0.2) is 46.2 Å². The molecule has 2 aromatic rings. The standard InChI is InChI=1S/C24H27FN4OS/c1-3-16-31-22-21(18-6-4-17(2)5-7-18)27-24(28-22)12-14-29(15-13-24)23(30)26-20-10-8-19(25)9-11-20/h4-11H,3,12-16H2,1-2H3,(H,26,30). The van der Waals surface area contributed by atoms with Gasteiger partial charge in [0.25, 0.3) is 0 Å². The smallest absolute Gasteiger partial charge is 0.321 e. The quantitative estimate of drug-likeness (QED) is 0.685. The van der Waals surface area contributed by atoms with E-state index in [2.05, 4.69) is 43.4 Å². The fourth-order valence-corrected chi connectivity index (χ4v) is 4.68. The Balaban J connectivity index is 1.46. The van der Waals surface area contributed by atoms with Crippen molar-refractivity contribution in [2.45, 2.75) is 38.8 Å². The van der Waals surface area contributed by atoms with Crippen LogP contribution in [0.5, 0.6) is 0 Å².